The molecule has 2 aromatic carbocycles. The molecule has 2 aromatic rings. The third-order valence-electron chi connectivity index (χ3n) is 6.61. The normalized spacial score (nSPS) is 20.9. The number of para-hydroxylation sites is 1. The molecule has 1 aliphatic rings. The van der Waals surface area contributed by atoms with Gasteiger partial charge in [0.25, 0.3) is 0 Å². The first-order chi connectivity index (χ1) is 16.1. The monoisotopic (exact) mass is 500 g/mol. The largest absolute Gasteiger partial charge is 0.416 e. The number of carbonyl (C=O) groups is 2. The number of halogens is 6. The molecule has 0 spiro atoms. The number of carbonyl (C=O) groups excluding carboxylic acids is 2. The van der Waals surface area contributed by atoms with Gasteiger partial charge in [-0.1, -0.05) is 38.5 Å². The Morgan fingerprint density at radius 3 is 2.00 bits per heavy atom. The number of hydrogen-bond donors (Lipinski definition) is 1. The summed E-state index contributed by atoms with van der Waals surface area (Å²) in [5, 5.41) is 2.27. The van der Waals surface area contributed by atoms with Gasteiger partial charge in [-0.3, -0.25) is 9.59 Å². The number of alkyl halides is 6. The summed E-state index contributed by atoms with van der Waals surface area (Å²) in [5.74, 6) is -1.96. The van der Waals surface area contributed by atoms with E-state index in [1.165, 1.54) is 4.90 Å². The molecular formula is C25H26F6N2O2. The molecule has 190 valence electrons. The Hall–Kier alpha value is -3.04. The van der Waals surface area contributed by atoms with Crippen LogP contribution in [0.25, 0.3) is 0 Å². The number of nitrogens with one attached hydrogen (secondary N) is 1. The first-order valence-electron chi connectivity index (χ1n) is 11.1. The maximum absolute atomic E-state index is 13.5. The predicted molar refractivity (Wildman–Crippen MR) is 120 cm³/mol. The lowest BCUT2D eigenvalue weighted by molar-refractivity contribution is -0.143. The molecule has 3 rings (SSSR count). The Balaban J connectivity index is 2.04. The molecular weight excluding hydrogens is 474 g/mol. The fraction of sp³-hybridized carbons (Fsp3) is 0.440. The van der Waals surface area contributed by atoms with Gasteiger partial charge in [0.1, 0.15) is 0 Å². The standard InChI is InChI=1S/C25H26F6N2O2/c1-5-9-23(13-33(21(34)16(23)4)20-14(2)7-6-8-15(20)3)22(35)32-19-11-17(24(26,27)28)10-18(12-19)25(29,30)31/h6-8,10-12,16H,5,9,13H2,1-4H3,(H,32,35)/t16-,23-/m1/s1. The molecule has 10 heteroatoms. The zero-order chi connectivity index (χ0) is 26.3. The number of amides is 2. The van der Waals surface area contributed by atoms with Crippen molar-refractivity contribution >= 4 is 23.2 Å². The zero-order valence-corrected chi connectivity index (χ0v) is 19.7. The number of anilines is 2. The Morgan fingerprint density at radius 1 is 1.03 bits per heavy atom. The third-order valence-corrected chi connectivity index (χ3v) is 6.61. The van der Waals surface area contributed by atoms with Crippen LogP contribution in [-0.4, -0.2) is 18.4 Å². The van der Waals surface area contributed by atoms with E-state index >= 15 is 0 Å². The third kappa shape index (κ3) is 5.01. The molecule has 1 heterocycles. The molecule has 35 heavy (non-hydrogen) atoms. The van der Waals surface area contributed by atoms with Crippen molar-refractivity contribution in [1.82, 2.24) is 0 Å². The van der Waals surface area contributed by atoms with Gasteiger partial charge in [-0.15, -0.1) is 0 Å². The van der Waals surface area contributed by atoms with Crippen LogP contribution in [0.4, 0.5) is 37.7 Å². The highest BCUT2D eigenvalue weighted by Gasteiger charge is 2.55. The lowest BCUT2D eigenvalue weighted by atomic mass is 9.74. The average Bonchev–Trinajstić information content (AvgIpc) is 2.98. The van der Waals surface area contributed by atoms with E-state index in [2.05, 4.69) is 5.32 Å². The van der Waals surface area contributed by atoms with Crippen molar-refractivity contribution in [1.29, 1.82) is 0 Å². The molecule has 0 unspecified atom stereocenters. The van der Waals surface area contributed by atoms with Crippen molar-refractivity contribution in [3.05, 3.63) is 58.7 Å². The van der Waals surface area contributed by atoms with Crippen molar-refractivity contribution in [3.8, 4) is 0 Å². The molecule has 0 radical (unpaired) electrons. The topological polar surface area (TPSA) is 49.4 Å². The lowest BCUT2D eigenvalue weighted by Crippen LogP contribution is -2.42. The van der Waals surface area contributed by atoms with Crippen LogP contribution in [0.15, 0.2) is 36.4 Å². The van der Waals surface area contributed by atoms with Crippen LogP contribution in [0.2, 0.25) is 0 Å². The van der Waals surface area contributed by atoms with Crippen LogP contribution in [0.1, 0.15) is 48.9 Å². The van der Waals surface area contributed by atoms with Crippen LogP contribution in [0.5, 0.6) is 0 Å². The average molecular weight is 500 g/mol. The van der Waals surface area contributed by atoms with Gasteiger partial charge in [0.15, 0.2) is 0 Å². The van der Waals surface area contributed by atoms with Gasteiger partial charge in [-0.2, -0.15) is 26.3 Å². The van der Waals surface area contributed by atoms with Crippen molar-refractivity contribution in [2.75, 3.05) is 16.8 Å². The summed E-state index contributed by atoms with van der Waals surface area (Å²) >= 11 is 0. The first-order valence-corrected chi connectivity index (χ1v) is 11.1. The van der Waals surface area contributed by atoms with Gasteiger partial charge in [0, 0.05) is 17.9 Å². The second kappa shape index (κ2) is 9.20. The zero-order valence-electron chi connectivity index (χ0n) is 19.7. The Labute approximate surface area is 199 Å². The summed E-state index contributed by atoms with van der Waals surface area (Å²) in [5.41, 5.74) is -2.75. The van der Waals surface area contributed by atoms with E-state index in [1.54, 1.807) is 13.8 Å². The SMILES string of the molecule is CCC[C@@]1(C(=O)Nc2cc(C(F)(F)F)cc(C(F)(F)F)c2)CN(c2c(C)cccc2C)C(=O)[C@H]1C. The summed E-state index contributed by atoms with van der Waals surface area (Å²) in [6.45, 7) is 6.96. The quantitative estimate of drug-likeness (QED) is 0.462. The number of nitrogens with zero attached hydrogens (tertiary/aromatic N) is 1. The van der Waals surface area contributed by atoms with Gasteiger partial charge in [-0.25, -0.2) is 0 Å². The van der Waals surface area contributed by atoms with Crippen molar-refractivity contribution < 1.29 is 35.9 Å². The van der Waals surface area contributed by atoms with Crippen LogP contribution >= 0.6 is 0 Å². The minimum atomic E-state index is -5.04. The highest BCUT2D eigenvalue weighted by atomic mass is 19.4. The highest BCUT2D eigenvalue weighted by molar-refractivity contribution is 6.07. The van der Waals surface area contributed by atoms with Crippen molar-refractivity contribution in [3.63, 3.8) is 0 Å². The number of rotatable bonds is 5. The molecule has 0 bridgehead atoms. The van der Waals surface area contributed by atoms with E-state index in [1.807, 2.05) is 32.0 Å². The Morgan fingerprint density at radius 2 is 1.54 bits per heavy atom. The van der Waals surface area contributed by atoms with Crippen LogP contribution in [-0.2, 0) is 21.9 Å². The minimum Gasteiger partial charge on any atom is -0.326 e. The van der Waals surface area contributed by atoms with E-state index in [9.17, 15) is 35.9 Å². The van der Waals surface area contributed by atoms with Crippen LogP contribution in [0.3, 0.4) is 0 Å². The van der Waals surface area contributed by atoms with E-state index < -0.39 is 46.4 Å². The molecule has 1 saturated heterocycles. The fourth-order valence-corrected chi connectivity index (χ4v) is 4.79. The van der Waals surface area contributed by atoms with Crippen molar-refractivity contribution in [2.24, 2.45) is 11.3 Å². The molecule has 0 aromatic heterocycles. The van der Waals surface area contributed by atoms with Gasteiger partial charge in [0.05, 0.1) is 22.5 Å². The molecule has 2 atom stereocenters. The van der Waals surface area contributed by atoms with E-state index in [4.69, 9.17) is 0 Å². The van der Waals surface area contributed by atoms with E-state index in [0.717, 1.165) is 11.1 Å². The Kier molecular flexibility index (Phi) is 6.98. The molecule has 0 aliphatic carbocycles. The second-order valence-corrected chi connectivity index (χ2v) is 9.04. The minimum absolute atomic E-state index is 0.00186. The molecule has 4 nitrogen and oxygen atoms in total. The lowest BCUT2D eigenvalue weighted by Gasteiger charge is -2.31. The summed E-state index contributed by atoms with van der Waals surface area (Å²) in [6.07, 6.45) is -9.39. The first kappa shape index (κ1) is 26.6. The van der Waals surface area contributed by atoms with Gasteiger partial charge < -0.3 is 10.2 Å². The summed E-state index contributed by atoms with van der Waals surface area (Å²) in [7, 11) is 0. The van der Waals surface area contributed by atoms with Gasteiger partial charge in [-0.05, 0) is 49.6 Å². The van der Waals surface area contributed by atoms with Gasteiger partial charge in [0.2, 0.25) is 11.8 Å². The number of benzene rings is 2. The fourth-order valence-electron chi connectivity index (χ4n) is 4.79. The maximum atomic E-state index is 13.5. The molecule has 2 amide bonds. The van der Waals surface area contributed by atoms with E-state index in [0.29, 0.717) is 24.2 Å². The highest BCUT2D eigenvalue weighted by Crippen LogP contribution is 2.45. The van der Waals surface area contributed by atoms with Crippen LogP contribution < -0.4 is 10.2 Å². The number of hydrogen-bond acceptors (Lipinski definition) is 2. The van der Waals surface area contributed by atoms with E-state index in [-0.39, 0.29) is 24.9 Å². The van der Waals surface area contributed by atoms with Crippen LogP contribution in [0, 0.1) is 25.2 Å². The maximum Gasteiger partial charge on any atom is 0.416 e. The smallest absolute Gasteiger partial charge is 0.326 e. The summed E-state index contributed by atoms with van der Waals surface area (Å²) in [6, 6.07) is 6.41. The number of aryl methyl sites for hydroxylation is 2. The Bertz CT molecular complexity index is 1090. The van der Waals surface area contributed by atoms with Crippen molar-refractivity contribution in [2.45, 2.75) is 52.9 Å². The summed E-state index contributed by atoms with van der Waals surface area (Å²) in [4.78, 5) is 28.3. The second-order valence-electron chi connectivity index (χ2n) is 9.04. The summed E-state index contributed by atoms with van der Waals surface area (Å²) < 4.78 is 79.6. The molecule has 0 saturated carbocycles. The molecule has 1 N–H and O–H groups in total. The molecule has 1 fully saturated rings. The predicted octanol–water partition coefficient (Wildman–Crippen LogP) is 6.75. The van der Waals surface area contributed by atoms with Gasteiger partial charge >= 0.3 is 12.4 Å². The molecule has 1 aliphatic heterocycles.